The molecule has 19 heavy (non-hydrogen) atoms. The predicted octanol–water partition coefficient (Wildman–Crippen LogP) is 0.661. The number of rotatable bonds is 3. The van der Waals surface area contributed by atoms with Crippen LogP contribution in [0.5, 0.6) is 0 Å². The van der Waals surface area contributed by atoms with Crippen molar-refractivity contribution in [3.63, 3.8) is 0 Å². The first-order valence-corrected chi connectivity index (χ1v) is 5.65. The molecule has 1 fully saturated rings. The highest BCUT2D eigenvalue weighted by molar-refractivity contribution is 5.96. The third kappa shape index (κ3) is 3.24. The number of hydrogen-bond donors (Lipinski definition) is 2. The fraction of sp³-hybridized carbons (Fsp3) is 0.364. The van der Waals surface area contributed by atoms with Gasteiger partial charge in [0.05, 0.1) is 17.6 Å². The molecule has 0 bridgehead atoms. The average molecular weight is 269 g/mol. The molecule has 0 aliphatic carbocycles. The zero-order valence-corrected chi connectivity index (χ0v) is 9.89. The summed E-state index contributed by atoms with van der Waals surface area (Å²) in [5.74, 6) is -1.23. The number of ether oxygens (including phenoxy) is 1. The molecule has 0 aromatic heterocycles. The Kier molecular flexibility index (Phi) is 4.03. The van der Waals surface area contributed by atoms with Gasteiger partial charge in [0, 0.05) is 13.1 Å². The molecule has 0 saturated carbocycles. The van der Waals surface area contributed by atoms with Gasteiger partial charge in [-0.2, -0.15) is 0 Å². The summed E-state index contributed by atoms with van der Waals surface area (Å²) in [5, 5.41) is 16.1. The van der Waals surface area contributed by atoms with Gasteiger partial charge in [-0.1, -0.05) is 0 Å². The zero-order valence-electron chi connectivity index (χ0n) is 9.89. The molecule has 1 saturated heterocycles. The van der Waals surface area contributed by atoms with Crippen molar-refractivity contribution in [2.45, 2.75) is 6.10 Å². The highest BCUT2D eigenvalue weighted by Gasteiger charge is 2.24. The number of nitrogens with zero attached hydrogens (tertiary/aromatic N) is 1. The molecule has 2 N–H and O–H groups in total. The fourth-order valence-electron chi connectivity index (χ4n) is 1.71. The molecule has 1 unspecified atom stereocenters. The summed E-state index contributed by atoms with van der Waals surface area (Å²) in [6.45, 7) is 1.38. The number of benzene rings is 1. The molecule has 0 radical (unpaired) electrons. The first kappa shape index (κ1) is 13.4. The summed E-state index contributed by atoms with van der Waals surface area (Å²) in [5.41, 5.74) is -0.539. The van der Waals surface area contributed by atoms with Gasteiger partial charge in [0.25, 0.3) is 11.6 Å². The first-order chi connectivity index (χ1) is 9.08. The standard InChI is InChI=1S/C11H12FN3O4/c12-7-1-2-8(9(5-7)15(17)18)14-11(16)10-6-13-3-4-19-10/h1-2,5,10,13H,3-4,6H2,(H,14,16). The van der Waals surface area contributed by atoms with Gasteiger partial charge in [-0.25, -0.2) is 4.39 Å². The quantitative estimate of drug-likeness (QED) is 0.621. The minimum absolute atomic E-state index is 0.0504. The number of carbonyl (C=O) groups is 1. The van der Waals surface area contributed by atoms with Gasteiger partial charge in [-0.05, 0) is 12.1 Å². The number of halogens is 1. The average Bonchev–Trinajstić information content (AvgIpc) is 2.41. The van der Waals surface area contributed by atoms with E-state index in [1.165, 1.54) is 0 Å². The zero-order chi connectivity index (χ0) is 13.8. The van der Waals surface area contributed by atoms with Crippen LogP contribution < -0.4 is 10.6 Å². The van der Waals surface area contributed by atoms with Crippen LogP contribution in [0.4, 0.5) is 15.8 Å². The lowest BCUT2D eigenvalue weighted by molar-refractivity contribution is -0.384. The van der Waals surface area contributed by atoms with Gasteiger partial charge in [-0.3, -0.25) is 14.9 Å². The molecule has 1 aromatic carbocycles. The van der Waals surface area contributed by atoms with Gasteiger partial charge >= 0.3 is 0 Å². The van der Waals surface area contributed by atoms with Gasteiger partial charge in [0.1, 0.15) is 17.6 Å². The van der Waals surface area contributed by atoms with Crippen molar-refractivity contribution in [3.8, 4) is 0 Å². The molecular formula is C11H12FN3O4. The third-order valence-corrected chi connectivity index (χ3v) is 2.63. The second-order valence-corrected chi connectivity index (χ2v) is 3.97. The van der Waals surface area contributed by atoms with E-state index in [-0.39, 0.29) is 5.69 Å². The van der Waals surface area contributed by atoms with E-state index < -0.39 is 28.4 Å². The molecular weight excluding hydrogens is 257 g/mol. The Morgan fingerprint density at radius 1 is 1.58 bits per heavy atom. The summed E-state index contributed by atoms with van der Waals surface area (Å²) < 4.78 is 18.2. The number of morpholine rings is 1. The number of nitrogens with one attached hydrogen (secondary N) is 2. The molecule has 1 amide bonds. The number of carbonyl (C=O) groups excluding carboxylic acids is 1. The number of hydrogen-bond acceptors (Lipinski definition) is 5. The van der Waals surface area contributed by atoms with E-state index in [2.05, 4.69) is 10.6 Å². The molecule has 7 nitrogen and oxygen atoms in total. The number of nitro benzene ring substituents is 1. The van der Waals surface area contributed by atoms with Crippen LogP contribution in [0.3, 0.4) is 0 Å². The van der Waals surface area contributed by atoms with Crippen molar-refractivity contribution in [1.82, 2.24) is 5.32 Å². The van der Waals surface area contributed by atoms with E-state index >= 15 is 0 Å². The van der Waals surface area contributed by atoms with Crippen LogP contribution in [0.2, 0.25) is 0 Å². The summed E-state index contributed by atoms with van der Waals surface area (Å²) >= 11 is 0. The molecule has 1 atom stereocenters. The Morgan fingerprint density at radius 3 is 3.00 bits per heavy atom. The predicted molar refractivity (Wildman–Crippen MR) is 64.3 cm³/mol. The third-order valence-electron chi connectivity index (χ3n) is 2.63. The van der Waals surface area contributed by atoms with Gasteiger partial charge in [0.2, 0.25) is 0 Å². The molecule has 102 valence electrons. The summed E-state index contributed by atoms with van der Waals surface area (Å²) in [4.78, 5) is 21.9. The van der Waals surface area contributed by atoms with Gasteiger partial charge < -0.3 is 15.4 Å². The summed E-state index contributed by atoms with van der Waals surface area (Å²) in [7, 11) is 0. The van der Waals surface area contributed by atoms with Crippen LogP contribution in [0.1, 0.15) is 0 Å². The minimum Gasteiger partial charge on any atom is -0.366 e. The van der Waals surface area contributed by atoms with Crippen molar-refractivity contribution >= 4 is 17.3 Å². The Bertz CT molecular complexity index is 503. The van der Waals surface area contributed by atoms with E-state index in [4.69, 9.17) is 4.74 Å². The van der Waals surface area contributed by atoms with E-state index in [0.29, 0.717) is 19.7 Å². The van der Waals surface area contributed by atoms with Crippen molar-refractivity contribution < 1.29 is 18.8 Å². The maximum absolute atomic E-state index is 12.9. The molecule has 1 heterocycles. The Labute approximate surface area is 107 Å². The van der Waals surface area contributed by atoms with Crippen LogP contribution in [0, 0.1) is 15.9 Å². The van der Waals surface area contributed by atoms with Crippen molar-refractivity contribution in [3.05, 3.63) is 34.1 Å². The van der Waals surface area contributed by atoms with Crippen LogP contribution in [-0.2, 0) is 9.53 Å². The van der Waals surface area contributed by atoms with Crippen LogP contribution in [0.15, 0.2) is 18.2 Å². The topological polar surface area (TPSA) is 93.5 Å². The van der Waals surface area contributed by atoms with Crippen molar-refractivity contribution in [2.75, 3.05) is 25.0 Å². The Balaban J connectivity index is 2.13. The number of nitro groups is 1. The maximum atomic E-state index is 12.9. The lowest BCUT2D eigenvalue weighted by atomic mass is 10.2. The summed E-state index contributed by atoms with van der Waals surface area (Å²) in [6.07, 6.45) is -0.710. The SMILES string of the molecule is O=C(Nc1ccc(F)cc1[N+](=O)[O-])C1CNCCO1. The largest absolute Gasteiger partial charge is 0.366 e. The fourth-order valence-corrected chi connectivity index (χ4v) is 1.71. The van der Waals surface area contributed by atoms with Gasteiger partial charge in [0.15, 0.2) is 0 Å². The molecule has 1 aliphatic rings. The van der Waals surface area contributed by atoms with E-state index in [9.17, 15) is 19.3 Å². The molecule has 1 aromatic rings. The first-order valence-electron chi connectivity index (χ1n) is 5.65. The lowest BCUT2D eigenvalue weighted by Gasteiger charge is -2.22. The van der Waals surface area contributed by atoms with Crippen LogP contribution in [0.25, 0.3) is 0 Å². The van der Waals surface area contributed by atoms with Crippen LogP contribution >= 0.6 is 0 Å². The number of anilines is 1. The van der Waals surface area contributed by atoms with Gasteiger partial charge in [-0.15, -0.1) is 0 Å². The molecule has 1 aliphatic heterocycles. The second-order valence-electron chi connectivity index (χ2n) is 3.97. The molecule has 8 heteroatoms. The van der Waals surface area contributed by atoms with E-state index in [1.807, 2.05) is 0 Å². The smallest absolute Gasteiger partial charge is 0.295 e. The van der Waals surface area contributed by atoms with Crippen LogP contribution in [-0.4, -0.2) is 36.6 Å². The summed E-state index contributed by atoms with van der Waals surface area (Å²) in [6, 6.07) is 2.96. The van der Waals surface area contributed by atoms with Crippen molar-refractivity contribution in [1.29, 1.82) is 0 Å². The lowest BCUT2D eigenvalue weighted by Crippen LogP contribution is -2.45. The molecule has 2 rings (SSSR count). The van der Waals surface area contributed by atoms with Crippen molar-refractivity contribution in [2.24, 2.45) is 0 Å². The second kappa shape index (κ2) is 5.72. The monoisotopic (exact) mass is 269 g/mol. The highest BCUT2D eigenvalue weighted by atomic mass is 19.1. The van der Waals surface area contributed by atoms with E-state index in [0.717, 1.165) is 18.2 Å². The Morgan fingerprint density at radius 2 is 2.37 bits per heavy atom. The minimum atomic E-state index is -0.751. The maximum Gasteiger partial charge on any atom is 0.295 e. The number of amides is 1. The normalized spacial score (nSPS) is 18.9. The Hall–Kier alpha value is -2.06. The molecule has 0 spiro atoms. The van der Waals surface area contributed by atoms with E-state index in [1.54, 1.807) is 0 Å². The highest BCUT2D eigenvalue weighted by Crippen LogP contribution is 2.25.